The number of likely N-dealkylation sites (N-methyl/N-ethyl adjacent to an activating group) is 1. The van der Waals surface area contributed by atoms with E-state index in [1.54, 1.807) is 0 Å². The standard InChI is InChI=1S/C4H10ClNO2/c1-6(8)3-4(7)2-5/h4,7-8H,2-3H2,1H3. The molecular weight excluding hydrogens is 130 g/mol. The molecule has 0 radical (unpaired) electrons. The Kier molecular flexibility index (Phi) is 4.18. The lowest BCUT2D eigenvalue weighted by Gasteiger charge is -2.10. The Morgan fingerprint density at radius 1 is 1.75 bits per heavy atom. The van der Waals surface area contributed by atoms with Crippen molar-refractivity contribution in [2.75, 3.05) is 19.5 Å². The van der Waals surface area contributed by atoms with E-state index in [9.17, 15) is 0 Å². The van der Waals surface area contributed by atoms with Crippen molar-refractivity contribution in [3.63, 3.8) is 0 Å². The zero-order valence-corrected chi connectivity index (χ0v) is 5.47. The minimum absolute atomic E-state index is 0.158. The van der Waals surface area contributed by atoms with Crippen molar-refractivity contribution in [1.82, 2.24) is 5.06 Å². The number of alkyl halides is 1. The van der Waals surface area contributed by atoms with Crippen LogP contribution in [0.15, 0.2) is 0 Å². The van der Waals surface area contributed by atoms with E-state index in [2.05, 4.69) is 0 Å². The van der Waals surface area contributed by atoms with Crippen molar-refractivity contribution >= 4 is 11.6 Å². The van der Waals surface area contributed by atoms with Gasteiger partial charge < -0.3 is 10.3 Å². The molecule has 0 aromatic heterocycles. The van der Waals surface area contributed by atoms with Gasteiger partial charge in [0.15, 0.2) is 0 Å². The van der Waals surface area contributed by atoms with Crippen LogP contribution in [0.1, 0.15) is 0 Å². The molecule has 0 aliphatic carbocycles. The van der Waals surface area contributed by atoms with Gasteiger partial charge in [0.05, 0.1) is 12.6 Å². The monoisotopic (exact) mass is 139 g/mol. The van der Waals surface area contributed by atoms with Gasteiger partial charge >= 0.3 is 0 Å². The first kappa shape index (κ1) is 8.17. The molecule has 1 unspecified atom stereocenters. The summed E-state index contributed by atoms with van der Waals surface area (Å²) in [5.41, 5.74) is 0. The minimum Gasteiger partial charge on any atom is -0.390 e. The van der Waals surface area contributed by atoms with Crippen LogP contribution in [0.2, 0.25) is 0 Å². The average molecular weight is 140 g/mol. The predicted octanol–water partition coefficient (Wildman–Crippen LogP) is -0.0929. The lowest BCUT2D eigenvalue weighted by Crippen LogP contribution is -2.27. The third-order valence-corrected chi connectivity index (χ3v) is 1.01. The summed E-state index contributed by atoms with van der Waals surface area (Å²) in [6.45, 7) is 0.198. The van der Waals surface area contributed by atoms with Gasteiger partial charge in [-0.1, -0.05) is 0 Å². The van der Waals surface area contributed by atoms with Crippen LogP contribution in [0.4, 0.5) is 0 Å². The van der Waals surface area contributed by atoms with Gasteiger partial charge in [0.25, 0.3) is 0 Å². The van der Waals surface area contributed by atoms with Crippen molar-refractivity contribution in [2.24, 2.45) is 0 Å². The number of halogens is 1. The molecule has 0 aliphatic rings. The lowest BCUT2D eigenvalue weighted by molar-refractivity contribution is -0.0863. The molecule has 0 saturated carbocycles. The van der Waals surface area contributed by atoms with Gasteiger partial charge in [-0.05, 0) is 0 Å². The first-order valence-corrected chi connectivity index (χ1v) is 2.84. The summed E-state index contributed by atoms with van der Waals surface area (Å²) in [7, 11) is 1.45. The molecule has 50 valence electrons. The van der Waals surface area contributed by atoms with Crippen molar-refractivity contribution in [1.29, 1.82) is 0 Å². The molecular formula is C4H10ClNO2. The van der Waals surface area contributed by atoms with Crippen molar-refractivity contribution in [3.05, 3.63) is 0 Å². The third kappa shape index (κ3) is 4.33. The Hall–Kier alpha value is 0.170. The van der Waals surface area contributed by atoms with E-state index in [1.165, 1.54) is 7.05 Å². The summed E-state index contributed by atoms with van der Waals surface area (Å²) >= 11 is 5.21. The zero-order chi connectivity index (χ0) is 6.57. The maximum Gasteiger partial charge on any atom is 0.0825 e. The molecule has 2 N–H and O–H groups in total. The van der Waals surface area contributed by atoms with Gasteiger partial charge in [-0.25, -0.2) is 0 Å². The second-order valence-electron chi connectivity index (χ2n) is 1.65. The van der Waals surface area contributed by atoms with Crippen molar-refractivity contribution in [3.8, 4) is 0 Å². The highest BCUT2D eigenvalue weighted by molar-refractivity contribution is 6.18. The van der Waals surface area contributed by atoms with Crippen LogP contribution >= 0.6 is 11.6 Å². The molecule has 0 aliphatic heterocycles. The predicted molar refractivity (Wildman–Crippen MR) is 31.1 cm³/mol. The molecule has 8 heavy (non-hydrogen) atoms. The van der Waals surface area contributed by atoms with Crippen LogP contribution in [0.3, 0.4) is 0 Å². The fraction of sp³-hybridized carbons (Fsp3) is 1.00. The van der Waals surface area contributed by atoms with Crippen LogP contribution in [0.5, 0.6) is 0 Å². The maximum atomic E-state index is 8.69. The Morgan fingerprint density at radius 2 is 2.25 bits per heavy atom. The second kappa shape index (κ2) is 4.09. The minimum atomic E-state index is -0.633. The van der Waals surface area contributed by atoms with Crippen LogP contribution < -0.4 is 0 Å². The Bertz CT molecular complexity index is 60.0. The SMILES string of the molecule is CN(O)CC(O)CCl. The number of rotatable bonds is 3. The van der Waals surface area contributed by atoms with Gasteiger partial charge in [-0.3, -0.25) is 0 Å². The number of hydrogen-bond donors (Lipinski definition) is 2. The maximum absolute atomic E-state index is 8.69. The van der Waals surface area contributed by atoms with E-state index in [-0.39, 0.29) is 12.4 Å². The van der Waals surface area contributed by atoms with E-state index in [0.717, 1.165) is 5.06 Å². The van der Waals surface area contributed by atoms with E-state index in [1.807, 2.05) is 0 Å². The molecule has 0 heterocycles. The first-order valence-electron chi connectivity index (χ1n) is 2.31. The molecule has 0 saturated heterocycles. The van der Waals surface area contributed by atoms with Crippen molar-refractivity contribution in [2.45, 2.75) is 6.10 Å². The molecule has 1 atom stereocenters. The topological polar surface area (TPSA) is 43.7 Å². The van der Waals surface area contributed by atoms with Crippen LogP contribution in [-0.4, -0.2) is 41.0 Å². The fourth-order valence-electron chi connectivity index (χ4n) is 0.354. The average Bonchev–Trinajstić information content (AvgIpc) is 1.65. The van der Waals surface area contributed by atoms with E-state index in [4.69, 9.17) is 21.9 Å². The summed E-state index contributed by atoms with van der Waals surface area (Å²) in [4.78, 5) is 0. The van der Waals surface area contributed by atoms with Gasteiger partial charge in [-0.15, -0.1) is 11.6 Å². The molecule has 0 spiro atoms. The highest BCUT2D eigenvalue weighted by atomic mass is 35.5. The molecule has 0 fully saturated rings. The smallest absolute Gasteiger partial charge is 0.0825 e. The van der Waals surface area contributed by atoms with E-state index >= 15 is 0 Å². The van der Waals surface area contributed by atoms with E-state index < -0.39 is 6.10 Å². The molecule has 0 rings (SSSR count). The summed E-state index contributed by atoms with van der Waals surface area (Å²) < 4.78 is 0. The summed E-state index contributed by atoms with van der Waals surface area (Å²) in [6.07, 6.45) is -0.633. The molecule has 0 aromatic rings. The highest BCUT2D eigenvalue weighted by Crippen LogP contribution is 1.87. The third-order valence-electron chi connectivity index (χ3n) is 0.653. The molecule has 0 bridgehead atoms. The second-order valence-corrected chi connectivity index (χ2v) is 1.96. The van der Waals surface area contributed by atoms with Gasteiger partial charge in [0.1, 0.15) is 0 Å². The van der Waals surface area contributed by atoms with Gasteiger partial charge in [0, 0.05) is 12.9 Å². The van der Waals surface area contributed by atoms with Gasteiger partial charge in [0.2, 0.25) is 0 Å². The summed E-state index contributed by atoms with van der Waals surface area (Å²) in [6, 6.07) is 0. The number of aliphatic hydroxyl groups excluding tert-OH is 1. The van der Waals surface area contributed by atoms with Gasteiger partial charge in [-0.2, -0.15) is 5.06 Å². The number of nitrogens with zero attached hydrogens (tertiary/aromatic N) is 1. The van der Waals surface area contributed by atoms with Crippen molar-refractivity contribution < 1.29 is 10.3 Å². The first-order chi connectivity index (χ1) is 3.66. The Labute approximate surface area is 53.4 Å². The van der Waals surface area contributed by atoms with Crippen LogP contribution in [0, 0.1) is 0 Å². The largest absolute Gasteiger partial charge is 0.390 e. The molecule has 3 nitrogen and oxygen atoms in total. The highest BCUT2D eigenvalue weighted by Gasteiger charge is 2.02. The number of aliphatic hydroxyl groups is 1. The molecule has 4 heteroatoms. The summed E-state index contributed by atoms with van der Waals surface area (Å²) in [5.74, 6) is 0.158. The fourth-order valence-corrected chi connectivity index (χ4v) is 0.451. The van der Waals surface area contributed by atoms with Crippen LogP contribution in [0.25, 0.3) is 0 Å². The Balaban J connectivity index is 3.10. The number of hydroxylamine groups is 2. The summed E-state index contributed by atoms with van der Waals surface area (Å²) in [5, 5.41) is 18.1. The Morgan fingerprint density at radius 3 is 2.38 bits per heavy atom. The normalized spacial score (nSPS) is 14.6. The van der Waals surface area contributed by atoms with Crippen LogP contribution in [-0.2, 0) is 0 Å². The quantitative estimate of drug-likeness (QED) is 0.424. The number of hydrogen-bond acceptors (Lipinski definition) is 3. The van der Waals surface area contributed by atoms with E-state index in [0.29, 0.717) is 0 Å². The zero-order valence-electron chi connectivity index (χ0n) is 4.71. The molecule has 0 amide bonds. The molecule has 0 aromatic carbocycles. The lowest BCUT2D eigenvalue weighted by atomic mass is 10.4.